The first kappa shape index (κ1) is 13.4. The minimum absolute atomic E-state index is 0.479. The van der Waals surface area contributed by atoms with Gasteiger partial charge in [-0.25, -0.2) is 0 Å². The van der Waals surface area contributed by atoms with Crippen LogP contribution in [0.4, 0.5) is 0 Å². The summed E-state index contributed by atoms with van der Waals surface area (Å²) in [6, 6.07) is 5.96. The maximum atomic E-state index is 9.72. The number of hydrogen-bond acceptors (Lipinski definition) is 3. The SMILES string of the molecule is Cc1ccc([C@H](C)O)c(OCCN2CCCC2)c1. The standard InChI is InChI=1S/C15H23NO2/c1-12-5-6-14(13(2)17)15(11-12)18-10-9-16-7-3-4-8-16/h5-6,11,13,17H,3-4,7-10H2,1-2H3/t13-/m0/s1. The zero-order valence-electron chi connectivity index (χ0n) is 11.4. The maximum Gasteiger partial charge on any atom is 0.125 e. The van der Waals surface area contributed by atoms with E-state index in [4.69, 9.17) is 4.74 Å². The molecule has 1 N–H and O–H groups in total. The van der Waals surface area contributed by atoms with Gasteiger partial charge in [-0.2, -0.15) is 0 Å². The number of aliphatic hydroxyl groups excluding tert-OH is 1. The molecule has 1 aliphatic rings. The molecule has 1 atom stereocenters. The van der Waals surface area contributed by atoms with Gasteiger partial charge in [-0.05, 0) is 51.4 Å². The Morgan fingerprint density at radius 2 is 2.06 bits per heavy atom. The Bertz CT molecular complexity index is 384. The molecule has 0 aliphatic carbocycles. The average molecular weight is 249 g/mol. The van der Waals surface area contributed by atoms with E-state index in [-0.39, 0.29) is 0 Å². The highest BCUT2D eigenvalue weighted by molar-refractivity contribution is 5.38. The van der Waals surface area contributed by atoms with Gasteiger partial charge < -0.3 is 9.84 Å². The van der Waals surface area contributed by atoms with E-state index in [1.54, 1.807) is 6.92 Å². The summed E-state index contributed by atoms with van der Waals surface area (Å²) in [5.41, 5.74) is 2.04. The zero-order valence-corrected chi connectivity index (χ0v) is 11.4. The monoisotopic (exact) mass is 249 g/mol. The van der Waals surface area contributed by atoms with E-state index in [1.807, 2.05) is 25.1 Å². The van der Waals surface area contributed by atoms with Crippen molar-refractivity contribution in [3.8, 4) is 5.75 Å². The number of nitrogens with zero attached hydrogens (tertiary/aromatic N) is 1. The van der Waals surface area contributed by atoms with Gasteiger partial charge in [0.15, 0.2) is 0 Å². The van der Waals surface area contributed by atoms with Crippen molar-refractivity contribution in [3.05, 3.63) is 29.3 Å². The van der Waals surface area contributed by atoms with Gasteiger partial charge >= 0.3 is 0 Å². The molecule has 1 fully saturated rings. The second-order valence-electron chi connectivity index (χ2n) is 5.11. The van der Waals surface area contributed by atoms with Crippen LogP contribution in [0, 0.1) is 6.92 Å². The lowest BCUT2D eigenvalue weighted by molar-refractivity contribution is 0.186. The van der Waals surface area contributed by atoms with Gasteiger partial charge in [-0.15, -0.1) is 0 Å². The van der Waals surface area contributed by atoms with Gasteiger partial charge in [0.2, 0.25) is 0 Å². The van der Waals surface area contributed by atoms with Crippen LogP contribution >= 0.6 is 0 Å². The fourth-order valence-electron chi connectivity index (χ4n) is 2.40. The summed E-state index contributed by atoms with van der Waals surface area (Å²) in [5.74, 6) is 0.823. The largest absolute Gasteiger partial charge is 0.492 e. The van der Waals surface area contributed by atoms with Gasteiger partial charge in [-0.3, -0.25) is 4.90 Å². The van der Waals surface area contributed by atoms with E-state index < -0.39 is 6.10 Å². The summed E-state index contributed by atoms with van der Waals surface area (Å²) in [7, 11) is 0. The lowest BCUT2D eigenvalue weighted by atomic mass is 10.1. The summed E-state index contributed by atoms with van der Waals surface area (Å²) in [5, 5.41) is 9.72. The molecule has 0 radical (unpaired) electrons. The topological polar surface area (TPSA) is 32.7 Å². The Balaban J connectivity index is 1.92. The second-order valence-corrected chi connectivity index (χ2v) is 5.11. The van der Waals surface area contributed by atoms with E-state index in [1.165, 1.54) is 25.9 Å². The third kappa shape index (κ3) is 3.47. The van der Waals surface area contributed by atoms with E-state index in [0.29, 0.717) is 6.61 Å². The molecule has 3 nitrogen and oxygen atoms in total. The van der Waals surface area contributed by atoms with Crippen LogP contribution < -0.4 is 4.74 Å². The third-order valence-corrected chi connectivity index (χ3v) is 3.48. The maximum absolute atomic E-state index is 9.72. The van der Waals surface area contributed by atoms with Crippen molar-refractivity contribution < 1.29 is 9.84 Å². The summed E-state index contributed by atoms with van der Waals surface area (Å²) in [6.45, 7) is 7.88. The molecule has 1 aromatic rings. The van der Waals surface area contributed by atoms with Gasteiger partial charge in [0.05, 0.1) is 6.10 Å². The first-order valence-electron chi connectivity index (χ1n) is 6.80. The van der Waals surface area contributed by atoms with Gasteiger partial charge in [0.1, 0.15) is 12.4 Å². The van der Waals surface area contributed by atoms with Crippen LogP contribution in [0.5, 0.6) is 5.75 Å². The Morgan fingerprint density at radius 3 is 2.72 bits per heavy atom. The van der Waals surface area contributed by atoms with Gasteiger partial charge in [-0.1, -0.05) is 12.1 Å². The highest BCUT2D eigenvalue weighted by atomic mass is 16.5. The number of aliphatic hydroxyl groups is 1. The molecule has 18 heavy (non-hydrogen) atoms. The minimum Gasteiger partial charge on any atom is -0.492 e. The quantitative estimate of drug-likeness (QED) is 0.870. The normalized spacial score (nSPS) is 17.9. The molecular formula is C15H23NO2. The van der Waals surface area contributed by atoms with Crippen molar-refractivity contribution in [3.63, 3.8) is 0 Å². The molecule has 100 valence electrons. The Kier molecular flexibility index (Phi) is 4.61. The first-order valence-corrected chi connectivity index (χ1v) is 6.80. The van der Waals surface area contributed by atoms with Crippen molar-refractivity contribution in [2.24, 2.45) is 0 Å². The zero-order chi connectivity index (χ0) is 13.0. The average Bonchev–Trinajstić information content (AvgIpc) is 2.82. The summed E-state index contributed by atoms with van der Waals surface area (Å²) >= 11 is 0. The molecule has 1 heterocycles. The van der Waals surface area contributed by atoms with Crippen LogP contribution in [0.1, 0.15) is 37.0 Å². The van der Waals surface area contributed by atoms with Crippen molar-refractivity contribution >= 4 is 0 Å². The number of aryl methyl sites for hydroxylation is 1. The number of hydrogen-bond donors (Lipinski definition) is 1. The predicted octanol–water partition coefficient (Wildman–Crippen LogP) is 2.52. The third-order valence-electron chi connectivity index (χ3n) is 3.48. The molecule has 2 rings (SSSR count). The molecule has 1 aliphatic heterocycles. The summed E-state index contributed by atoms with van der Waals surface area (Å²) in [4.78, 5) is 2.43. The fourth-order valence-corrected chi connectivity index (χ4v) is 2.40. The van der Waals surface area contributed by atoms with Crippen molar-refractivity contribution in [2.75, 3.05) is 26.2 Å². The van der Waals surface area contributed by atoms with E-state index in [0.717, 1.165) is 23.4 Å². The molecule has 3 heteroatoms. The van der Waals surface area contributed by atoms with E-state index in [9.17, 15) is 5.11 Å². The molecule has 0 saturated carbocycles. The lowest BCUT2D eigenvalue weighted by Crippen LogP contribution is -2.25. The first-order chi connectivity index (χ1) is 8.66. The van der Waals surface area contributed by atoms with E-state index >= 15 is 0 Å². The Morgan fingerprint density at radius 1 is 1.33 bits per heavy atom. The Hall–Kier alpha value is -1.06. The molecule has 0 unspecified atom stereocenters. The fraction of sp³-hybridized carbons (Fsp3) is 0.600. The summed E-state index contributed by atoms with van der Waals surface area (Å²) < 4.78 is 5.84. The van der Waals surface area contributed by atoms with Crippen molar-refractivity contribution in [1.82, 2.24) is 4.90 Å². The highest BCUT2D eigenvalue weighted by Crippen LogP contribution is 2.26. The minimum atomic E-state index is -0.479. The molecule has 1 saturated heterocycles. The van der Waals surface area contributed by atoms with E-state index in [2.05, 4.69) is 4.90 Å². The summed E-state index contributed by atoms with van der Waals surface area (Å²) in [6.07, 6.45) is 2.14. The Labute approximate surface area is 109 Å². The van der Waals surface area contributed by atoms with Crippen LogP contribution in [-0.4, -0.2) is 36.2 Å². The molecule has 1 aromatic carbocycles. The van der Waals surface area contributed by atoms with Crippen molar-refractivity contribution in [1.29, 1.82) is 0 Å². The smallest absolute Gasteiger partial charge is 0.125 e. The number of likely N-dealkylation sites (tertiary alicyclic amines) is 1. The van der Waals surface area contributed by atoms with Gasteiger partial charge in [0, 0.05) is 12.1 Å². The predicted molar refractivity (Wildman–Crippen MR) is 73.0 cm³/mol. The molecule has 0 amide bonds. The van der Waals surface area contributed by atoms with Crippen LogP contribution in [0.2, 0.25) is 0 Å². The van der Waals surface area contributed by atoms with Crippen molar-refractivity contribution in [2.45, 2.75) is 32.8 Å². The van der Waals surface area contributed by atoms with Crippen LogP contribution in [0.15, 0.2) is 18.2 Å². The molecule has 0 spiro atoms. The van der Waals surface area contributed by atoms with Crippen LogP contribution in [0.3, 0.4) is 0 Å². The number of rotatable bonds is 5. The van der Waals surface area contributed by atoms with Crippen LogP contribution in [-0.2, 0) is 0 Å². The van der Waals surface area contributed by atoms with Crippen LogP contribution in [0.25, 0.3) is 0 Å². The van der Waals surface area contributed by atoms with Gasteiger partial charge in [0.25, 0.3) is 0 Å². The molecular weight excluding hydrogens is 226 g/mol. The highest BCUT2D eigenvalue weighted by Gasteiger charge is 2.12. The number of benzene rings is 1. The molecule has 0 aromatic heterocycles. The second kappa shape index (κ2) is 6.21. The lowest BCUT2D eigenvalue weighted by Gasteiger charge is -2.17. The molecule has 0 bridgehead atoms. The number of ether oxygens (including phenoxy) is 1.